The number of halogens is 2. The highest BCUT2D eigenvalue weighted by atomic mass is 79.9. The van der Waals surface area contributed by atoms with Crippen LogP contribution in [0.5, 0.6) is 0 Å². The van der Waals surface area contributed by atoms with Gasteiger partial charge in [-0.05, 0) is 51.4 Å². The molecule has 0 radical (unpaired) electrons. The van der Waals surface area contributed by atoms with E-state index < -0.39 is 5.96 Å². The van der Waals surface area contributed by atoms with Crippen molar-refractivity contribution in [3.63, 3.8) is 0 Å². The van der Waals surface area contributed by atoms with Crippen LogP contribution in [0.1, 0.15) is 64.2 Å². The Morgan fingerprint density at radius 1 is 0.750 bits per heavy atom. The molecule has 0 aromatic heterocycles. The lowest BCUT2D eigenvalue weighted by Crippen LogP contribution is -3.00. The van der Waals surface area contributed by atoms with Crippen molar-refractivity contribution in [3.8, 4) is 0 Å². The van der Waals surface area contributed by atoms with Crippen molar-refractivity contribution in [2.45, 2.75) is 75.5 Å². The maximum Gasteiger partial charge on any atom is 0.139 e. The zero-order chi connectivity index (χ0) is 10.7. The maximum atomic E-state index is 4.22. The van der Waals surface area contributed by atoms with Gasteiger partial charge >= 0.3 is 0 Å². The number of hydrogen-bond donors (Lipinski definition) is 0. The van der Waals surface area contributed by atoms with Gasteiger partial charge < -0.3 is 17.0 Å². The van der Waals surface area contributed by atoms with E-state index in [0.717, 1.165) is 11.3 Å². The van der Waals surface area contributed by atoms with Crippen LogP contribution in [0, 0.1) is 0 Å². The first-order valence-corrected chi connectivity index (χ1v) is 11.2. The van der Waals surface area contributed by atoms with Crippen molar-refractivity contribution < 1.29 is 17.0 Å². The van der Waals surface area contributed by atoms with E-state index in [1.54, 1.807) is 0 Å². The standard InChI is InChI=1S/C13H25BrP.BrH/c1-15(14,12-8-4-2-5-9-12)13-10-6-3-7-11-13;/h12-13H,2-11H2,1H3;1H/q+1;/p-1. The van der Waals surface area contributed by atoms with Crippen molar-refractivity contribution in [2.75, 3.05) is 6.66 Å². The van der Waals surface area contributed by atoms with Gasteiger partial charge in [0.15, 0.2) is 0 Å². The molecule has 0 N–H and O–H groups in total. The first-order chi connectivity index (χ1) is 7.21. The minimum Gasteiger partial charge on any atom is -1.00 e. The van der Waals surface area contributed by atoms with Crippen molar-refractivity contribution in [3.05, 3.63) is 0 Å². The molecule has 0 saturated heterocycles. The SMILES string of the molecule is C[P+](Br)(C1CCCCC1)C1CCCCC1.[Br-]. The molecule has 2 fully saturated rings. The van der Waals surface area contributed by atoms with E-state index in [4.69, 9.17) is 0 Å². The Balaban J connectivity index is 0.00000128. The summed E-state index contributed by atoms with van der Waals surface area (Å²) >= 11 is 4.22. The van der Waals surface area contributed by atoms with Gasteiger partial charge in [-0.25, -0.2) is 0 Å². The molecular formula is C13H25Br2P. The Bertz CT molecular complexity index is 174. The summed E-state index contributed by atoms with van der Waals surface area (Å²) in [6.45, 7) is 2.60. The molecule has 0 unspecified atom stereocenters. The van der Waals surface area contributed by atoms with Gasteiger partial charge in [-0.2, -0.15) is 0 Å². The van der Waals surface area contributed by atoms with Gasteiger partial charge in [0.05, 0.1) is 23.9 Å². The highest BCUT2D eigenvalue weighted by Gasteiger charge is 2.46. The average molecular weight is 372 g/mol. The van der Waals surface area contributed by atoms with Crippen LogP contribution < -0.4 is 17.0 Å². The van der Waals surface area contributed by atoms with Crippen molar-refractivity contribution in [1.29, 1.82) is 0 Å². The minimum absolute atomic E-state index is 0. The number of rotatable bonds is 2. The highest BCUT2D eigenvalue weighted by Crippen LogP contribution is 2.75. The van der Waals surface area contributed by atoms with Gasteiger partial charge in [-0.15, -0.1) is 0 Å². The molecule has 2 aliphatic carbocycles. The molecule has 0 aliphatic heterocycles. The molecule has 96 valence electrons. The molecule has 2 rings (SSSR count). The van der Waals surface area contributed by atoms with Gasteiger partial charge in [-0.3, -0.25) is 0 Å². The Morgan fingerprint density at radius 2 is 1.06 bits per heavy atom. The summed E-state index contributed by atoms with van der Waals surface area (Å²) in [7, 11) is 0. The Morgan fingerprint density at radius 3 is 1.38 bits per heavy atom. The largest absolute Gasteiger partial charge is 1.00 e. The molecule has 2 saturated carbocycles. The quantitative estimate of drug-likeness (QED) is 0.654. The van der Waals surface area contributed by atoms with Gasteiger partial charge in [-0.1, -0.05) is 12.8 Å². The van der Waals surface area contributed by atoms with Crippen molar-refractivity contribution in [2.24, 2.45) is 0 Å². The molecule has 0 amide bonds. The normalized spacial score (nSPS) is 25.1. The Hall–Kier alpha value is 1.39. The van der Waals surface area contributed by atoms with Crippen LogP contribution in [0.4, 0.5) is 0 Å². The molecule has 16 heavy (non-hydrogen) atoms. The van der Waals surface area contributed by atoms with Crippen LogP contribution in [0.15, 0.2) is 0 Å². The van der Waals surface area contributed by atoms with Crippen LogP contribution in [0.2, 0.25) is 0 Å². The molecule has 0 aromatic rings. The summed E-state index contributed by atoms with van der Waals surface area (Å²) in [5.74, 6) is -0.781. The van der Waals surface area contributed by atoms with E-state index in [1.807, 2.05) is 0 Å². The molecular weight excluding hydrogens is 347 g/mol. The van der Waals surface area contributed by atoms with E-state index in [2.05, 4.69) is 22.2 Å². The van der Waals surface area contributed by atoms with E-state index in [1.165, 1.54) is 64.2 Å². The van der Waals surface area contributed by atoms with E-state index in [0.29, 0.717) is 0 Å². The summed E-state index contributed by atoms with van der Waals surface area (Å²) in [6.07, 6.45) is 15.1. The Labute approximate surface area is 120 Å². The predicted molar refractivity (Wildman–Crippen MR) is 75.5 cm³/mol. The lowest BCUT2D eigenvalue weighted by molar-refractivity contribution is -0.00000312. The van der Waals surface area contributed by atoms with Crippen LogP contribution >= 0.6 is 21.5 Å². The summed E-state index contributed by atoms with van der Waals surface area (Å²) in [4.78, 5) is 0. The lowest BCUT2D eigenvalue weighted by Gasteiger charge is -2.36. The maximum absolute atomic E-state index is 4.22. The third kappa shape index (κ3) is 3.69. The van der Waals surface area contributed by atoms with Gasteiger partial charge in [0.25, 0.3) is 0 Å². The monoisotopic (exact) mass is 370 g/mol. The van der Waals surface area contributed by atoms with Crippen LogP contribution in [0.3, 0.4) is 0 Å². The topological polar surface area (TPSA) is 0 Å². The lowest BCUT2D eigenvalue weighted by atomic mass is 9.99. The second-order valence-corrected chi connectivity index (χ2v) is 13.7. The summed E-state index contributed by atoms with van der Waals surface area (Å²) < 4.78 is 0. The molecule has 0 bridgehead atoms. The molecule has 2 aliphatic rings. The summed E-state index contributed by atoms with van der Waals surface area (Å²) in [5.41, 5.74) is 2.13. The predicted octanol–water partition coefficient (Wildman–Crippen LogP) is 2.61. The third-order valence-corrected chi connectivity index (χ3v) is 11.9. The smallest absolute Gasteiger partial charge is 0.139 e. The fourth-order valence-electron chi connectivity index (χ4n) is 3.47. The molecule has 0 nitrogen and oxygen atoms in total. The first kappa shape index (κ1) is 15.4. The molecule has 0 heterocycles. The van der Waals surface area contributed by atoms with Gasteiger partial charge in [0.2, 0.25) is 0 Å². The highest BCUT2D eigenvalue weighted by molar-refractivity contribution is 9.42. The van der Waals surface area contributed by atoms with Crippen LogP contribution in [-0.4, -0.2) is 18.0 Å². The van der Waals surface area contributed by atoms with Crippen LogP contribution in [-0.2, 0) is 0 Å². The molecule has 0 spiro atoms. The fraction of sp³-hybridized carbons (Fsp3) is 1.00. The van der Waals surface area contributed by atoms with E-state index >= 15 is 0 Å². The van der Waals surface area contributed by atoms with E-state index in [-0.39, 0.29) is 17.0 Å². The zero-order valence-corrected chi connectivity index (χ0v) is 14.5. The first-order valence-electron chi connectivity index (χ1n) is 6.77. The number of hydrogen-bond acceptors (Lipinski definition) is 0. The molecule has 0 atom stereocenters. The van der Waals surface area contributed by atoms with Crippen molar-refractivity contribution in [1.82, 2.24) is 0 Å². The van der Waals surface area contributed by atoms with Gasteiger partial charge in [0.1, 0.15) is 15.5 Å². The third-order valence-electron chi connectivity index (χ3n) is 4.58. The van der Waals surface area contributed by atoms with Crippen LogP contribution in [0.25, 0.3) is 0 Å². The Kier molecular flexibility index (Phi) is 6.85. The summed E-state index contributed by atoms with van der Waals surface area (Å²) in [5, 5.41) is 0. The zero-order valence-electron chi connectivity index (χ0n) is 10.4. The minimum atomic E-state index is -0.781. The molecule has 0 aromatic carbocycles. The second kappa shape index (κ2) is 7.10. The van der Waals surface area contributed by atoms with Crippen molar-refractivity contribution >= 4 is 21.5 Å². The fourth-order valence-corrected chi connectivity index (χ4v) is 9.27. The molecule has 3 heteroatoms. The van der Waals surface area contributed by atoms with Gasteiger partial charge in [0, 0.05) is 0 Å². The average Bonchev–Trinajstić information content (AvgIpc) is 2.31. The van der Waals surface area contributed by atoms with E-state index in [9.17, 15) is 0 Å². The summed E-state index contributed by atoms with van der Waals surface area (Å²) in [6, 6.07) is 0. The second-order valence-electron chi connectivity index (χ2n) is 5.61.